The van der Waals surface area contributed by atoms with Crippen LogP contribution < -0.4 is 0 Å². The molecule has 0 aliphatic carbocycles. The molecule has 0 bridgehead atoms. The summed E-state index contributed by atoms with van der Waals surface area (Å²) in [7, 11) is 0. The summed E-state index contributed by atoms with van der Waals surface area (Å²) in [5.74, 6) is 2.05. The van der Waals surface area contributed by atoms with Gasteiger partial charge in [-0.15, -0.1) is 0 Å². The number of carbonyl (C=O) groups excluding carboxylic acids is 1. The lowest BCUT2D eigenvalue weighted by molar-refractivity contribution is 0.564. The zero-order chi connectivity index (χ0) is 11.1. The summed E-state index contributed by atoms with van der Waals surface area (Å²) < 4.78 is 0. The molecule has 0 atom stereocenters. The molecular weight excluding hydrogens is 184 g/mol. The van der Waals surface area contributed by atoms with Crippen molar-refractivity contribution in [1.29, 1.82) is 0 Å². The number of hydrogen-bond acceptors (Lipinski definition) is 1. The van der Waals surface area contributed by atoms with E-state index in [0.717, 1.165) is 31.3 Å². The van der Waals surface area contributed by atoms with Crippen LogP contribution in [0.25, 0.3) is 0 Å². The van der Waals surface area contributed by atoms with E-state index >= 15 is 0 Å². The molecule has 0 saturated carbocycles. The molecule has 1 heteroatoms. The third-order valence-corrected chi connectivity index (χ3v) is 2.53. The first-order chi connectivity index (χ1) is 7.26. The Hall–Kier alpha value is -1.33. The Bertz CT molecular complexity index is 342. The fourth-order valence-electron chi connectivity index (χ4n) is 1.58. The highest BCUT2D eigenvalue weighted by Crippen LogP contribution is 2.12. The highest BCUT2D eigenvalue weighted by Gasteiger charge is 1.99. The average molecular weight is 202 g/mol. The van der Waals surface area contributed by atoms with Crippen LogP contribution in [-0.2, 0) is 11.2 Å². The zero-order valence-corrected chi connectivity index (χ0v) is 9.55. The molecule has 0 aliphatic rings. The van der Waals surface area contributed by atoms with Gasteiger partial charge in [-0.25, -0.2) is 4.79 Å². The Labute approximate surface area is 91.8 Å². The van der Waals surface area contributed by atoms with Gasteiger partial charge in [-0.05, 0) is 31.7 Å². The molecule has 0 spiro atoms. The molecule has 15 heavy (non-hydrogen) atoms. The van der Waals surface area contributed by atoms with Crippen LogP contribution in [0.5, 0.6) is 0 Å². The van der Waals surface area contributed by atoms with E-state index in [9.17, 15) is 4.79 Å². The summed E-state index contributed by atoms with van der Waals surface area (Å²) in [5, 5.41) is 0. The minimum atomic E-state index is 0.848. The fraction of sp³-hybridized carbons (Fsp3) is 0.429. The van der Waals surface area contributed by atoms with E-state index in [4.69, 9.17) is 0 Å². The van der Waals surface area contributed by atoms with Crippen molar-refractivity contribution in [3.05, 3.63) is 41.0 Å². The monoisotopic (exact) mass is 202 g/mol. The number of allylic oxidation sites excluding steroid dienone is 1. The summed E-state index contributed by atoms with van der Waals surface area (Å²) in [6.07, 6.45) is 3.71. The lowest BCUT2D eigenvalue weighted by atomic mass is 10.0. The van der Waals surface area contributed by atoms with Crippen LogP contribution in [0.4, 0.5) is 0 Å². The molecule has 0 radical (unpaired) electrons. The van der Waals surface area contributed by atoms with Gasteiger partial charge in [-0.2, -0.15) is 0 Å². The predicted molar refractivity (Wildman–Crippen MR) is 63.6 cm³/mol. The highest BCUT2D eigenvalue weighted by molar-refractivity contribution is 5.52. The van der Waals surface area contributed by atoms with Gasteiger partial charge in [0, 0.05) is 5.57 Å². The first-order valence-corrected chi connectivity index (χ1v) is 5.54. The largest absolute Gasteiger partial charge is 0.234 e. The molecule has 1 rings (SSSR count). The second kappa shape index (κ2) is 6.21. The average Bonchev–Trinajstić information content (AvgIpc) is 2.26. The van der Waals surface area contributed by atoms with Gasteiger partial charge >= 0.3 is 0 Å². The van der Waals surface area contributed by atoms with Gasteiger partial charge in [0.15, 0.2) is 0 Å². The van der Waals surface area contributed by atoms with E-state index in [1.807, 2.05) is 0 Å². The van der Waals surface area contributed by atoms with Crippen molar-refractivity contribution in [1.82, 2.24) is 0 Å². The molecule has 0 N–H and O–H groups in total. The van der Waals surface area contributed by atoms with E-state index in [-0.39, 0.29) is 0 Å². The van der Waals surface area contributed by atoms with Crippen LogP contribution in [0.2, 0.25) is 0 Å². The summed E-state index contributed by atoms with van der Waals surface area (Å²) in [6, 6.07) is 8.48. The van der Waals surface area contributed by atoms with E-state index in [0.29, 0.717) is 0 Å². The number of aryl methyl sites for hydroxylation is 2. The molecule has 0 aliphatic heterocycles. The number of benzene rings is 1. The minimum absolute atomic E-state index is 0.848. The quantitative estimate of drug-likeness (QED) is 0.668. The molecule has 0 fully saturated rings. The van der Waals surface area contributed by atoms with Crippen molar-refractivity contribution in [2.45, 2.75) is 39.5 Å². The van der Waals surface area contributed by atoms with Crippen LogP contribution in [0.3, 0.4) is 0 Å². The van der Waals surface area contributed by atoms with Crippen LogP contribution in [-0.4, -0.2) is 5.94 Å². The summed E-state index contributed by atoms with van der Waals surface area (Å²) in [6.45, 7) is 4.17. The van der Waals surface area contributed by atoms with Crippen LogP contribution in [0.1, 0.15) is 37.3 Å². The second-order valence-corrected chi connectivity index (χ2v) is 3.94. The first kappa shape index (κ1) is 11.7. The van der Waals surface area contributed by atoms with Gasteiger partial charge in [0.1, 0.15) is 5.94 Å². The van der Waals surface area contributed by atoms with Crippen molar-refractivity contribution in [2.24, 2.45) is 0 Å². The maximum absolute atomic E-state index is 10.6. The summed E-state index contributed by atoms with van der Waals surface area (Å²) >= 11 is 0. The van der Waals surface area contributed by atoms with E-state index in [1.165, 1.54) is 11.1 Å². The Kier molecular flexibility index (Phi) is 4.86. The van der Waals surface area contributed by atoms with Crippen LogP contribution >= 0.6 is 0 Å². The van der Waals surface area contributed by atoms with Gasteiger partial charge in [-0.3, -0.25) is 0 Å². The van der Waals surface area contributed by atoms with E-state index < -0.39 is 0 Å². The molecule has 80 valence electrons. The lowest BCUT2D eigenvalue weighted by Crippen LogP contribution is -1.90. The number of rotatable bonds is 5. The predicted octanol–water partition coefficient (Wildman–Crippen LogP) is 3.49. The topological polar surface area (TPSA) is 17.1 Å². The Morgan fingerprint density at radius 1 is 1.20 bits per heavy atom. The summed E-state index contributed by atoms with van der Waals surface area (Å²) in [4.78, 5) is 10.6. The van der Waals surface area contributed by atoms with Gasteiger partial charge in [0.2, 0.25) is 0 Å². The smallest absolute Gasteiger partial charge is 0.123 e. The first-order valence-electron chi connectivity index (χ1n) is 5.54. The molecule has 1 aromatic rings. The molecular formula is C14H18O. The molecule has 0 aromatic heterocycles. The normalized spacial score (nSPS) is 9.73. The SMILES string of the molecule is CCCC(=C=O)CCc1ccc(C)cc1. The lowest BCUT2D eigenvalue weighted by Gasteiger charge is -2.02. The van der Waals surface area contributed by atoms with Gasteiger partial charge in [0.25, 0.3) is 0 Å². The molecule has 1 nitrogen and oxygen atoms in total. The third-order valence-electron chi connectivity index (χ3n) is 2.53. The standard InChI is InChI=1S/C14H18O/c1-3-4-14(11-15)10-9-13-7-5-12(2)6-8-13/h5-8H,3-4,9-10H2,1-2H3. The minimum Gasteiger partial charge on any atom is -0.234 e. The molecule has 0 saturated heterocycles. The van der Waals surface area contributed by atoms with Gasteiger partial charge < -0.3 is 0 Å². The Morgan fingerprint density at radius 3 is 2.40 bits per heavy atom. The fourth-order valence-corrected chi connectivity index (χ4v) is 1.58. The maximum Gasteiger partial charge on any atom is 0.123 e. The van der Waals surface area contributed by atoms with Gasteiger partial charge in [0.05, 0.1) is 0 Å². The van der Waals surface area contributed by atoms with E-state index in [2.05, 4.69) is 44.1 Å². The Balaban J connectivity index is 2.49. The summed E-state index contributed by atoms with van der Waals surface area (Å²) in [5.41, 5.74) is 3.49. The highest BCUT2D eigenvalue weighted by atomic mass is 16.1. The van der Waals surface area contributed by atoms with Crippen molar-refractivity contribution in [3.63, 3.8) is 0 Å². The maximum atomic E-state index is 10.6. The van der Waals surface area contributed by atoms with Crippen LogP contribution in [0, 0.1) is 6.92 Å². The Morgan fingerprint density at radius 2 is 1.87 bits per heavy atom. The zero-order valence-electron chi connectivity index (χ0n) is 9.55. The molecule has 0 heterocycles. The third kappa shape index (κ3) is 4.14. The molecule has 0 amide bonds. The number of hydrogen-bond donors (Lipinski definition) is 0. The second-order valence-electron chi connectivity index (χ2n) is 3.94. The van der Waals surface area contributed by atoms with Crippen molar-refractivity contribution >= 4 is 5.94 Å². The van der Waals surface area contributed by atoms with Gasteiger partial charge in [-0.1, -0.05) is 43.2 Å². The van der Waals surface area contributed by atoms with Crippen molar-refractivity contribution in [3.8, 4) is 0 Å². The van der Waals surface area contributed by atoms with E-state index in [1.54, 1.807) is 0 Å². The molecule has 0 unspecified atom stereocenters. The van der Waals surface area contributed by atoms with Crippen molar-refractivity contribution in [2.75, 3.05) is 0 Å². The molecule has 1 aromatic carbocycles. The van der Waals surface area contributed by atoms with Crippen LogP contribution in [0.15, 0.2) is 29.8 Å². The van der Waals surface area contributed by atoms with Crippen molar-refractivity contribution < 1.29 is 4.79 Å².